The minimum absolute atomic E-state index is 1.05. The molecule has 0 fully saturated rings. The van der Waals surface area contributed by atoms with Crippen LogP contribution in [0, 0.1) is 0 Å². The van der Waals surface area contributed by atoms with E-state index in [9.17, 15) is 0 Å². The molecule has 0 radical (unpaired) electrons. The van der Waals surface area contributed by atoms with Crippen molar-refractivity contribution in [2.45, 2.75) is 20.8 Å². The van der Waals surface area contributed by atoms with E-state index < -0.39 is 0 Å². The highest BCUT2D eigenvalue weighted by Gasteiger charge is 2.08. The van der Waals surface area contributed by atoms with Gasteiger partial charge < -0.3 is 0 Å². The van der Waals surface area contributed by atoms with Gasteiger partial charge in [0.15, 0.2) is 11.9 Å². The summed E-state index contributed by atoms with van der Waals surface area (Å²) in [5.74, 6) is 0. The standard InChI is InChI=1S/C13H20N/c1-7-9-11(3)12(4)13(5)14(6)10-8-2/h7-10H,1,4H2,2-3,5-6H3/q+1. The lowest BCUT2D eigenvalue weighted by Gasteiger charge is -2.02. The second kappa shape index (κ2) is 6.14. The Kier molecular flexibility index (Phi) is 5.54. The van der Waals surface area contributed by atoms with Gasteiger partial charge in [0.05, 0.1) is 0 Å². The van der Waals surface area contributed by atoms with Gasteiger partial charge in [0.2, 0.25) is 0 Å². The Labute approximate surface area is 87.5 Å². The van der Waals surface area contributed by atoms with Crippen LogP contribution >= 0.6 is 0 Å². The molecule has 0 saturated carbocycles. The minimum atomic E-state index is 1.05. The Hall–Kier alpha value is -1.37. The van der Waals surface area contributed by atoms with Crippen LogP contribution in [0.1, 0.15) is 20.8 Å². The highest BCUT2D eigenvalue weighted by Crippen LogP contribution is 2.08. The van der Waals surface area contributed by atoms with Crippen LogP contribution in [0.25, 0.3) is 0 Å². The van der Waals surface area contributed by atoms with Gasteiger partial charge in [0.25, 0.3) is 0 Å². The third-order valence-electron chi connectivity index (χ3n) is 2.18. The first-order valence-electron chi connectivity index (χ1n) is 4.72. The molecule has 0 aromatic carbocycles. The molecule has 0 heterocycles. The molecular weight excluding hydrogens is 170 g/mol. The molecule has 0 atom stereocenters. The molecule has 0 bridgehead atoms. The van der Waals surface area contributed by atoms with E-state index in [4.69, 9.17) is 0 Å². The molecule has 0 amide bonds. The maximum Gasteiger partial charge on any atom is 0.184 e. The SMILES string of the molecule is C=CC=C(C)C(=C)C(C)=[N+](C)C=CC. The third-order valence-corrected chi connectivity index (χ3v) is 2.18. The molecule has 0 saturated heterocycles. The molecule has 0 aliphatic heterocycles. The minimum Gasteiger partial charge on any atom is -0.205 e. The molecule has 0 aliphatic rings. The summed E-state index contributed by atoms with van der Waals surface area (Å²) in [6.45, 7) is 13.8. The zero-order valence-electron chi connectivity index (χ0n) is 9.67. The van der Waals surface area contributed by atoms with Crippen molar-refractivity contribution in [1.29, 1.82) is 0 Å². The summed E-state index contributed by atoms with van der Waals surface area (Å²) in [5, 5.41) is 0. The summed E-state index contributed by atoms with van der Waals surface area (Å²) in [6, 6.07) is 0. The molecule has 14 heavy (non-hydrogen) atoms. The van der Waals surface area contributed by atoms with E-state index >= 15 is 0 Å². The van der Waals surface area contributed by atoms with Gasteiger partial charge in [-0.15, -0.1) is 0 Å². The Morgan fingerprint density at radius 2 is 1.86 bits per heavy atom. The normalized spacial score (nSPS) is 14.1. The molecule has 0 aromatic rings. The van der Waals surface area contributed by atoms with Gasteiger partial charge in [-0.1, -0.05) is 25.3 Å². The van der Waals surface area contributed by atoms with Crippen molar-refractivity contribution in [3.63, 3.8) is 0 Å². The summed E-state index contributed by atoms with van der Waals surface area (Å²) in [5.41, 5.74) is 3.35. The summed E-state index contributed by atoms with van der Waals surface area (Å²) in [6.07, 6.45) is 7.77. The monoisotopic (exact) mass is 190 g/mol. The molecule has 0 spiro atoms. The quantitative estimate of drug-likeness (QED) is 0.363. The van der Waals surface area contributed by atoms with E-state index in [-0.39, 0.29) is 0 Å². The average Bonchev–Trinajstić information content (AvgIpc) is 2.16. The van der Waals surface area contributed by atoms with Crippen LogP contribution in [-0.2, 0) is 0 Å². The van der Waals surface area contributed by atoms with Gasteiger partial charge in [-0.2, -0.15) is 0 Å². The van der Waals surface area contributed by atoms with Crippen molar-refractivity contribution >= 4 is 5.71 Å². The number of allylic oxidation sites excluding steroid dienone is 5. The van der Waals surface area contributed by atoms with E-state index in [0.29, 0.717) is 0 Å². The Bertz CT molecular complexity index is 314. The summed E-state index contributed by atoms with van der Waals surface area (Å²) < 4.78 is 2.06. The van der Waals surface area contributed by atoms with Gasteiger partial charge in [-0.25, -0.2) is 4.58 Å². The topological polar surface area (TPSA) is 3.01 Å². The van der Waals surface area contributed by atoms with Crippen molar-refractivity contribution in [3.05, 3.63) is 48.7 Å². The van der Waals surface area contributed by atoms with Gasteiger partial charge in [0, 0.05) is 12.5 Å². The highest BCUT2D eigenvalue weighted by molar-refractivity contribution is 5.97. The fraction of sp³-hybridized carbons (Fsp3) is 0.308. The van der Waals surface area contributed by atoms with E-state index in [0.717, 1.165) is 16.9 Å². The van der Waals surface area contributed by atoms with Crippen LogP contribution in [0.4, 0.5) is 0 Å². The van der Waals surface area contributed by atoms with Crippen LogP contribution in [0.15, 0.2) is 48.7 Å². The number of hydrogen-bond acceptors (Lipinski definition) is 0. The maximum atomic E-state index is 4.05. The van der Waals surface area contributed by atoms with Gasteiger partial charge >= 0.3 is 0 Å². The number of rotatable bonds is 4. The van der Waals surface area contributed by atoms with E-state index in [1.54, 1.807) is 6.08 Å². The fourth-order valence-corrected chi connectivity index (χ4v) is 1.11. The zero-order chi connectivity index (χ0) is 11.1. The lowest BCUT2D eigenvalue weighted by Crippen LogP contribution is -2.11. The third kappa shape index (κ3) is 3.56. The Morgan fingerprint density at radius 3 is 2.29 bits per heavy atom. The maximum absolute atomic E-state index is 4.05. The first-order valence-corrected chi connectivity index (χ1v) is 4.72. The zero-order valence-corrected chi connectivity index (χ0v) is 9.67. The molecule has 0 aromatic heterocycles. The molecule has 76 valence electrons. The Balaban J connectivity index is 4.96. The van der Waals surface area contributed by atoms with Crippen LogP contribution in [0.3, 0.4) is 0 Å². The second-order valence-electron chi connectivity index (χ2n) is 3.24. The fourth-order valence-electron chi connectivity index (χ4n) is 1.11. The first kappa shape index (κ1) is 12.6. The lowest BCUT2D eigenvalue weighted by molar-refractivity contribution is -0.422. The predicted octanol–water partition coefficient (Wildman–Crippen LogP) is 3.31. The molecule has 1 nitrogen and oxygen atoms in total. The molecule has 0 N–H and O–H groups in total. The highest BCUT2D eigenvalue weighted by atomic mass is 14.9. The van der Waals surface area contributed by atoms with E-state index in [2.05, 4.69) is 24.7 Å². The van der Waals surface area contributed by atoms with Crippen molar-refractivity contribution < 1.29 is 4.58 Å². The number of hydrogen-bond donors (Lipinski definition) is 0. The van der Waals surface area contributed by atoms with E-state index in [1.165, 1.54) is 0 Å². The molecule has 1 heteroatoms. The molecule has 0 rings (SSSR count). The van der Waals surface area contributed by atoms with Crippen molar-refractivity contribution in [1.82, 2.24) is 0 Å². The summed E-state index contributed by atoms with van der Waals surface area (Å²) in [4.78, 5) is 0. The second-order valence-corrected chi connectivity index (χ2v) is 3.24. The van der Waals surface area contributed by atoms with Crippen molar-refractivity contribution in [3.8, 4) is 0 Å². The van der Waals surface area contributed by atoms with Crippen LogP contribution in [0.2, 0.25) is 0 Å². The largest absolute Gasteiger partial charge is 0.205 e. The van der Waals surface area contributed by atoms with Crippen LogP contribution in [-0.4, -0.2) is 17.3 Å². The summed E-state index contributed by atoms with van der Waals surface area (Å²) in [7, 11) is 2.02. The summed E-state index contributed by atoms with van der Waals surface area (Å²) >= 11 is 0. The lowest BCUT2D eigenvalue weighted by atomic mass is 10.1. The van der Waals surface area contributed by atoms with Gasteiger partial charge in [-0.05, 0) is 25.5 Å². The number of nitrogens with zero attached hydrogens (tertiary/aromatic N) is 1. The molecule has 0 unspecified atom stereocenters. The predicted molar refractivity (Wildman–Crippen MR) is 64.8 cm³/mol. The van der Waals surface area contributed by atoms with E-state index in [1.807, 2.05) is 39.2 Å². The molecule has 0 aliphatic carbocycles. The van der Waals surface area contributed by atoms with Crippen LogP contribution < -0.4 is 0 Å². The Morgan fingerprint density at radius 1 is 1.29 bits per heavy atom. The van der Waals surface area contributed by atoms with Crippen LogP contribution in [0.5, 0.6) is 0 Å². The average molecular weight is 190 g/mol. The first-order chi connectivity index (χ1) is 6.54. The van der Waals surface area contributed by atoms with Crippen molar-refractivity contribution in [2.75, 3.05) is 7.05 Å². The smallest absolute Gasteiger partial charge is 0.184 e. The van der Waals surface area contributed by atoms with Gasteiger partial charge in [-0.3, -0.25) is 0 Å². The van der Waals surface area contributed by atoms with Gasteiger partial charge in [0.1, 0.15) is 7.05 Å². The molecular formula is C13H20N+. The van der Waals surface area contributed by atoms with Crippen molar-refractivity contribution in [2.24, 2.45) is 0 Å².